The molecule has 0 aromatic carbocycles. The van der Waals surface area contributed by atoms with Gasteiger partial charge in [0.1, 0.15) is 5.82 Å². The first-order valence-corrected chi connectivity index (χ1v) is 9.16. The molecule has 1 N–H and O–H groups in total. The minimum atomic E-state index is -4.60. The van der Waals surface area contributed by atoms with Crippen LogP contribution in [0, 0.1) is 13.8 Å². The van der Waals surface area contributed by atoms with E-state index in [1.165, 1.54) is 0 Å². The number of nitrogens with zero attached hydrogens (tertiary/aromatic N) is 4. The van der Waals surface area contributed by atoms with Crippen molar-refractivity contribution in [3.05, 3.63) is 17.0 Å². The van der Waals surface area contributed by atoms with E-state index in [2.05, 4.69) is 20.6 Å². The molecule has 2 aromatic heterocycles. The number of fused-ring (bicyclic) bond motifs is 1. The van der Waals surface area contributed by atoms with Crippen molar-refractivity contribution in [3.8, 4) is 0 Å². The van der Waals surface area contributed by atoms with Crippen molar-refractivity contribution in [1.29, 1.82) is 0 Å². The van der Waals surface area contributed by atoms with Crippen LogP contribution in [0.5, 0.6) is 0 Å². The van der Waals surface area contributed by atoms with E-state index < -0.39 is 12.0 Å². The average Bonchev–Trinajstić information content (AvgIpc) is 3.02. The van der Waals surface area contributed by atoms with Gasteiger partial charge in [-0.25, -0.2) is 0 Å². The Hall–Kier alpha value is -1.55. The highest BCUT2D eigenvalue weighted by atomic mass is 32.2. The maximum atomic E-state index is 13.1. The monoisotopic (exact) mass is 375 g/mol. The van der Waals surface area contributed by atoms with Crippen LogP contribution in [0.15, 0.2) is 0 Å². The van der Waals surface area contributed by atoms with E-state index in [0.29, 0.717) is 31.1 Å². The molecule has 1 aliphatic heterocycles. The topological polar surface area (TPSA) is 64.3 Å². The van der Waals surface area contributed by atoms with Gasteiger partial charge in [-0.05, 0) is 38.5 Å². The number of aryl methyl sites for hydroxylation is 1. The van der Waals surface area contributed by atoms with Gasteiger partial charge in [0.2, 0.25) is 0 Å². The lowest BCUT2D eigenvalue weighted by Gasteiger charge is -2.36. The van der Waals surface area contributed by atoms with Gasteiger partial charge < -0.3 is 10.1 Å². The molecule has 1 aliphatic rings. The van der Waals surface area contributed by atoms with Crippen LogP contribution in [0.25, 0.3) is 5.65 Å². The normalized spacial score (nSPS) is 17.8. The number of halogens is 3. The third-order valence-corrected chi connectivity index (χ3v) is 6.18. The summed E-state index contributed by atoms with van der Waals surface area (Å²) < 4.78 is 45.5. The van der Waals surface area contributed by atoms with Gasteiger partial charge >= 0.3 is 6.18 Å². The number of nitrogens with one attached hydrogen (secondary N) is 1. The summed E-state index contributed by atoms with van der Waals surface area (Å²) in [6.45, 7) is 5.54. The van der Waals surface area contributed by atoms with E-state index in [-0.39, 0.29) is 10.4 Å². The standard InChI is InChI=1S/C15H20F3N5OS/c1-9-10(2)12-20-21-13(15(16,17)18)23(12)22-11(9)19-8-14(25-3)4-6-24-7-5-14/h4-8H2,1-3H3,(H,19,22). The molecule has 25 heavy (non-hydrogen) atoms. The van der Waals surface area contributed by atoms with Crippen molar-refractivity contribution in [3.63, 3.8) is 0 Å². The number of rotatable bonds is 4. The molecule has 1 fully saturated rings. The molecule has 138 valence electrons. The lowest BCUT2D eigenvalue weighted by molar-refractivity contribution is -0.146. The second-order valence-electron chi connectivity index (χ2n) is 6.21. The zero-order chi connectivity index (χ0) is 18.2. The minimum absolute atomic E-state index is 0.00469. The van der Waals surface area contributed by atoms with Gasteiger partial charge in [0, 0.05) is 30.1 Å². The summed E-state index contributed by atoms with van der Waals surface area (Å²) in [7, 11) is 0. The van der Waals surface area contributed by atoms with Crippen molar-refractivity contribution in [1.82, 2.24) is 19.8 Å². The molecular formula is C15H20F3N5OS. The summed E-state index contributed by atoms with van der Waals surface area (Å²) in [5, 5.41) is 14.3. The van der Waals surface area contributed by atoms with E-state index in [1.54, 1.807) is 18.7 Å². The zero-order valence-corrected chi connectivity index (χ0v) is 15.1. The number of anilines is 1. The lowest BCUT2D eigenvalue weighted by Crippen LogP contribution is -2.39. The summed E-state index contributed by atoms with van der Waals surface area (Å²) in [5.41, 5.74) is 1.53. The molecule has 0 bridgehead atoms. The van der Waals surface area contributed by atoms with Gasteiger partial charge in [0.25, 0.3) is 5.82 Å². The fraction of sp³-hybridized carbons (Fsp3) is 0.667. The largest absolute Gasteiger partial charge is 0.453 e. The molecule has 6 nitrogen and oxygen atoms in total. The SMILES string of the molecule is CSC1(CNc2nn3c(C(F)(F)F)nnc3c(C)c2C)CCOCC1. The number of ether oxygens (including phenoxy) is 1. The zero-order valence-electron chi connectivity index (χ0n) is 14.3. The first-order valence-electron chi connectivity index (χ1n) is 7.94. The predicted octanol–water partition coefficient (Wildman–Crippen LogP) is 3.08. The molecule has 0 amide bonds. The summed E-state index contributed by atoms with van der Waals surface area (Å²) in [6, 6.07) is 0. The van der Waals surface area contributed by atoms with Crippen LogP contribution in [0.2, 0.25) is 0 Å². The van der Waals surface area contributed by atoms with E-state index in [4.69, 9.17) is 4.74 Å². The Kier molecular flexibility index (Phi) is 4.84. The molecule has 1 saturated heterocycles. The van der Waals surface area contributed by atoms with E-state index in [9.17, 15) is 13.2 Å². The molecule has 0 unspecified atom stereocenters. The van der Waals surface area contributed by atoms with Crippen molar-refractivity contribution >= 4 is 23.2 Å². The molecule has 0 aliphatic carbocycles. The molecule has 2 aromatic rings. The summed E-state index contributed by atoms with van der Waals surface area (Å²) in [6.07, 6.45) is -0.778. The average molecular weight is 375 g/mol. The van der Waals surface area contributed by atoms with Crippen molar-refractivity contribution < 1.29 is 17.9 Å². The molecule has 3 heterocycles. The number of hydrogen-bond donors (Lipinski definition) is 1. The Labute approximate surface area is 147 Å². The van der Waals surface area contributed by atoms with Gasteiger partial charge in [-0.1, -0.05) is 0 Å². The summed E-state index contributed by atoms with van der Waals surface area (Å²) in [5.74, 6) is -0.686. The number of alkyl halides is 3. The third kappa shape index (κ3) is 3.41. The highest BCUT2D eigenvalue weighted by Crippen LogP contribution is 2.35. The second kappa shape index (κ2) is 6.64. The summed E-state index contributed by atoms with van der Waals surface area (Å²) >= 11 is 1.75. The molecule has 10 heteroatoms. The fourth-order valence-electron chi connectivity index (χ4n) is 2.91. The van der Waals surface area contributed by atoms with Crippen LogP contribution >= 0.6 is 11.8 Å². The Balaban J connectivity index is 1.94. The van der Waals surface area contributed by atoms with Gasteiger partial charge in [0.05, 0.1) is 0 Å². The predicted molar refractivity (Wildman–Crippen MR) is 90.0 cm³/mol. The van der Waals surface area contributed by atoms with Crippen molar-refractivity contribution in [2.45, 2.75) is 37.6 Å². The second-order valence-corrected chi connectivity index (χ2v) is 7.48. The Morgan fingerprint density at radius 3 is 2.48 bits per heavy atom. The summed E-state index contributed by atoms with van der Waals surface area (Å²) in [4.78, 5) is 0. The van der Waals surface area contributed by atoms with E-state index in [1.807, 2.05) is 13.2 Å². The van der Waals surface area contributed by atoms with E-state index in [0.717, 1.165) is 22.9 Å². The molecule has 0 spiro atoms. The van der Waals surface area contributed by atoms with Gasteiger partial charge in [0.15, 0.2) is 5.65 Å². The van der Waals surface area contributed by atoms with Gasteiger partial charge in [-0.3, -0.25) is 0 Å². The maximum absolute atomic E-state index is 13.1. The van der Waals surface area contributed by atoms with Gasteiger partial charge in [-0.2, -0.15) is 29.4 Å². The van der Waals surface area contributed by atoms with Crippen LogP contribution < -0.4 is 5.32 Å². The lowest BCUT2D eigenvalue weighted by atomic mass is 9.99. The van der Waals surface area contributed by atoms with Crippen molar-refractivity contribution in [2.24, 2.45) is 0 Å². The fourth-order valence-corrected chi connectivity index (χ4v) is 3.71. The third-order valence-electron chi connectivity index (χ3n) is 4.76. The van der Waals surface area contributed by atoms with Crippen LogP contribution in [0.4, 0.5) is 19.0 Å². The molecular weight excluding hydrogens is 355 g/mol. The molecule has 0 radical (unpaired) electrons. The van der Waals surface area contributed by atoms with Crippen LogP contribution in [0.1, 0.15) is 29.8 Å². The highest BCUT2D eigenvalue weighted by Gasteiger charge is 2.38. The quantitative estimate of drug-likeness (QED) is 0.886. The van der Waals surface area contributed by atoms with Crippen LogP contribution in [0.3, 0.4) is 0 Å². The maximum Gasteiger partial charge on any atom is 0.453 e. The van der Waals surface area contributed by atoms with Crippen LogP contribution in [-0.4, -0.2) is 50.6 Å². The smallest absolute Gasteiger partial charge is 0.381 e. The van der Waals surface area contributed by atoms with Crippen LogP contribution in [-0.2, 0) is 10.9 Å². The van der Waals surface area contributed by atoms with E-state index >= 15 is 0 Å². The highest BCUT2D eigenvalue weighted by molar-refractivity contribution is 8.00. The minimum Gasteiger partial charge on any atom is -0.381 e. The first kappa shape index (κ1) is 18.2. The molecule has 0 saturated carbocycles. The Morgan fingerprint density at radius 2 is 1.88 bits per heavy atom. The first-order chi connectivity index (χ1) is 11.8. The number of hydrogen-bond acceptors (Lipinski definition) is 6. The molecule has 0 atom stereocenters. The Bertz CT molecular complexity index is 771. The van der Waals surface area contributed by atoms with Crippen molar-refractivity contribution in [2.75, 3.05) is 31.3 Å². The number of aromatic nitrogens is 4. The van der Waals surface area contributed by atoms with Gasteiger partial charge in [-0.15, -0.1) is 15.3 Å². The molecule has 3 rings (SSSR count). The Morgan fingerprint density at radius 1 is 1.20 bits per heavy atom. The number of thioether (sulfide) groups is 1.